The van der Waals surface area contributed by atoms with Crippen molar-refractivity contribution in [2.24, 2.45) is 0 Å². The van der Waals surface area contributed by atoms with Gasteiger partial charge in [-0.1, -0.05) is 490 Å². The van der Waals surface area contributed by atoms with Crippen molar-refractivity contribution < 1.29 is 0 Å². The summed E-state index contributed by atoms with van der Waals surface area (Å²) >= 11 is 0. The number of rotatable bonds is 0. The summed E-state index contributed by atoms with van der Waals surface area (Å²) in [6.07, 6.45) is 0. The Kier molecular flexibility index (Phi) is 56.4. The normalized spacial score (nSPS) is 9.43. The Morgan fingerprint density at radius 1 is 0.103 bits per heavy atom. The van der Waals surface area contributed by atoms with Gasteiger partial charge in [-0.2, -0.15) is 0 Å². The van der Waals surface area contributed by atoms with E-state index in [2.05, 4.69) is 452 Å². The van der Waals surface area contributed by atoms with Crippen molar-refractivity contribution in [3.63, 3.8) is 0 Å². The molecule has 0 aliphatic rings. The fourth-order valence-corrected chi connectivity index (χ4v) is 14.2. The third-order valence-electron chi connectivity index (χ3n) is 20.4. The van der Waals surface area contributed by atoms with Crippen LogP contribution in [0.4, 0.5) is 0 Å². The van der Waals surface area contributed by atoms with Crippen LogP contribution in [0.2, 0.25) is 0 Å². The van der Waals surface area contributed by atoms with E-state index in [1.807, 2.05) is 125 Å². The van der Waals surface area contributed by atoms with E-state index in [1.165, 1.54) is 197 Å². The zero-order chi connectivity index (χ0) is 95.0. The molecule has 0 saturated carbocycles. The lowest BCUT2D eigenvalue weighted by Crippen LogP contribution is -1.87. The van der Waals surface area contributed by atoms with Gasteiger partial charge in [0.25, 0.3) is 0 Å². The van der Waals surface area contributed by atoms with E-state index in [4.69, 9.17) is 0 Å². The summed E-state index contributed by atoms with van der Waals surface area (Å²) in [5.41, 5.74) is 24.3. The van der Waals surface area contributed by atoms with Gasteiger partial charge < -0.3 is 0 Å². The monoisotopic (exact) mass is 1680 g/mol. The Bertz CT molecular complexity index is 5680. The van der Waals surface area contributed by atoms with Crippen LogP contribution in [0.25, 0.3) is 97.0 Å². The minimum absolute atomic E-state index is 1.32. The maximum atomic E-state index is 2.27. The molecule has 0 spiro atoms. The molecule has 0 aliphatic carbocycles. The molecule has 0 fully saturated rings. The fraction of sp³-hybridized carbons (Fsp3) is 0.286. The summed E-state index contributed by atoms with van der Waals surface area (Å²) in [5.74, 6) is 0. The minimum atomic E-state index is 1.32. The molecule has 0 unspecified atom stereocenters. The van der Waals surface area contributed by atoms with Gasteiger partial charge in [0, 0.05) is 0 Å². The van der Waals surface area contributed by atoms with Crippen molar-refractivity contribution in [3.8, 4) is 0 Å². The molecule has 18 rings (SSSR count). The Labute approximate surface area is 768 Å². The molecule has 0 amide bonds. The molecule has 0 heterocycles. The Hall–Kier alpha value is -11.7. The van der Waals surface area contributed by atoms with Crippen LogP contribution in [0.15, 0.2) is 328 Å². The molecule has 0 heteroatoms. The lowest BCUT2D eigenvalue weighted by atomic mass is 9.93. The van der Waals surface area contributed by atoms with Crippen molar-refractivity contribution in [1.29, 1.82) is 0 Å². The summed E-state index contributed by atoms with van der Waals surface area (Å²) in [4.78, 5) is 0. The second-order valence-electron chi connectivity index (χ2n) is 29.6. The van der Waals surface area contributed by atoms with Gasteiger partial charge in [0.1, 0.15) is 0 Å². The molecular formula is C126H162. The Balaban J connectivity index is 0.000000697. The maximum Gasteiger partial charge on any atom is -0.0146 e. The molecule has 0 nitrogen and oxygen atoms in total. The van der Waals surface area contributed by atoms with Crippen LogP contribution in [-0.2, 0) is 0 Å². The van der Waals surface area contributed by atoms with Crippen LogP contribution >= 0.6 is 0 Å². The largest absolute Gasteiger partial charge is 0.0683 e. The summed E-state index contributed by atoms with van der Waals surface area (Å²) < 4.78 is 0. The van der Waals surface area contributed by atoms with Gasteiger partial charge in [-0.15, -0.1) is 0 Å². The summed E-state index contributed by atoms with van der Waals surface area (Å²) in [6, 6.07) is 117. The number of hydrogen-bond acceptors (Lipinski definition) is 0. The second kappa shape index (κ2) is 63.3. The van der Waals surface area contributed by atoms with E-state index in [0.29, 0.717) is 0 Å². The lowest BCUT2D eigenvalue weighted by Gasteiger charge is -2.11. The van der Waals surface area contributed by atoms with Gasteiger partial charge >= 0.3 is 0 Å². The van der Waals surface area contributed by atoms with E-state index in [1.54, 1.807) is 0 Å². The van der Waals surface area contributed by atoms with E-state index >= 15 is 0 Å². The van der Waals surface area contributed by atoms with Crippen molar-refractivity contribution >= 4 is 97.0 Å². The highest BCUT2D eigenvalue weighted by molar-refractivity contribution is 6.05. The van der Waals surface area contributed by atoms with Crippen molar-refractivity contribution in [2.75, 3.05) is 0 Å². The molecule has 0 aliphatic heterocycles. The van der Waals surface area contributed by atoms with Crippen LogP contribution in [0.3, 0.4) is 0 Å². The van der Waals surface area contributed by atoms with Gasteiger partial charge in [0.15, 0.2) is 0 Å². The van der Waals surface area contributed by atoms with Crippen LogP contribution in [0, 0.1) is 125 Å². The minimum Gasteiger partial charge on any atom is -0.0683 e. The summed E-state index contributed by atoms with van der Waals surface area (Å²) in [6.45, 7) is 74.6. The average Bonchev–Trinajstić information content (AvgIpc) is 0.765. The maximum absolute atomic E-state index is 2.27. The molecule has 0 bridgehead atoms. The Morgan fingerprint density at radius 3 is 0.603 bits per heavy atom. The number of fused-ring (bicyclic) bond motifs is 9. The zero-order valence-electron chi connectivity index (χ0n) is 85.2. The molecule has 0 atom stereocenters. The topological polar surface area (TPSA) is 0 Å². The van der Waals surface area contributed by atoms with Crippen molar-refractivity contribution in [2.45, 2.75) is 249 Å². The third-order valence-corrected chi connectivity index (χ3v) is 20.4. The van der Waals surface area contributed by atoms with E-state index in [0.717, 1.165) is 0 Å². The first-order chi connectivity index (χ1) is 61.0. The molecule has 666 valence electrons. The molecule has 0 saturated heterocycles. The van der Waals surface area contributed by atoms with Gasteiger partial charge in [-0.3, -0.25) is 0 Å². The SMILES string of the molecule is CC.CC.CC.CC.CC.CC.CC.CC.CC.Cc1c2ccccc2c(C)c2ccccc12.Cc1cc(C)c2ccccc2c1.Cc1ccc(C)c2ccccc12.Cc1ccc2cc(C)ccc2c1.Cc1ccc2cc3cc(C)ccc3cc2c1.Cc1ccc2ccc(C)cc2c1.Cc1cccc(C)c1.Cc1cccc2c(C)cccc12.Cc1ccccc1C. The van der Waals surface area contributed by atoms with Gasteiger partial charge in [0.2, 0.25) is 0 Å². The van der Waals surface area contributed by atoms with Gasteiger partial charge in [0.05, 0.1) is 0 Å². The predicted molar refractivity (Wildman–Crippen MR) is 583 cm³/mol. The molecular weight excluding hydrogens is 1510 g/mol. The molecule has 18 aromatic rings. The molecule has 0 N–H and O–H groups in total. The van der Waals surface area contributed by atoms with E-state index in [9.17, 15) is 0 Å². The highest BCUT2D eigenvalue weighted by Gasteiger charge is 2.08. The molecule has 0 radical (unpaired) electrons. The van der Waals surface area contributed by atoms with Crippen molar-refractivity contribution in [3.05, 3.63) is 428 Å². The van der Waals surface area contributed by atoms with E-state index < -0.39 is 0 Å². The van der Waals surface area contributed by atoms with Crippen LogP contribution < -0.4 is 0 Å². The van der Waals surface area contributed by atoms with Gasteiger partial charge in [-0.05, 0) is 284 Å². The molecule has 0 aromatic heterocycles. The summed E-state index contributed by atoms with van der Waals surface area (Å²) in [7, 11) is 0. The first-order valence-corrected chi connectivity index (χ1v) is 47.1. The first-order valence-electron chi connectivity index (χ1n) is 47.1. The summed E-state index contributed by atoms with van der Waals surface area (Å²) in [5, 5.41) is 24.3. The Morgan fingerprint density at radius 2 is 0.310 bits per heavy atom. The number of hydrogen-bond donors (Lipinski definition) is 0. The van der Waals surface area contributed by atoms with Crippen LogP contribution in [0.1, 0.15) is 225 Å². The second-order valence-corrected chi connectivity index (χ2v) is 29.6. The average molecular weight is 1680 g/mol. The molecule has 126 heavy (non-hydrogen) atoms. The first kappa shape index (κ1) is 112. The predicted octanol–water partition coefficient (Wildman–Crippen LogP) is 40.3. The lowest BCUT2D eigenvalue weighted by molar-refractivity contribution is 1.34. The van der Waals surface area contributed by atoms with Crippen LogP contribution in [-0.4, -0.2) is 0 Å². The van der Waals surface area contributed by atoms with Crippen LogP contribution in [0.5, 0.6) is 0 Å². The van der Waals surface area contributed by atoms with Gasteiger partial charge in [-0.25, -0.2) is 0 Å². The third kappa shape index (κ3) is 36.1. The fourth-order valence-electron chi connectivity index (χ4n) is 14.2. The smallest absolute Gasteiger partial charge is 0.0146 e. The van der Waals surface area contributed by atoms with Crippen molar-refractivity contribution in [1.82, 2.24) is 0 Å². The van der Waals surface area contributed by atoms with E-state index in [-0.39, 0.29) is 0 Å². The highest BCUT2D eigenvalue weighted by Crippen LogP contribution is 2.33. The highest BCUT2D eigenvalue weighted by atomic mass is 14.1. The molecule has 18 aromatic carbocycles. The zero-order valence-corrected chi connectivity index (χ0v) is 85.2. The quantitative estimate of drug-likeness (QED) is 0.133. The number of benzene rings is 18. The number of aryl methyl sites for hydroxylation is 18. The standard InChI is InChI=1S/2C16H14.5C12H12.2C8H10.9C2H6/c1-11-3-5-13-10-16-8-12(2)4-6-14(16)9-15(13)7-11;1-11-13-7-3-5-9-15(13)12(2)16-10-6-4-8-14(11)16;1-9-3-5-12-8-10(2)4-6-11(12)7-9;1-9-3-5-11-6-4-10(2)8-12(11)7-9;1-9-5-3-8-12-10(2)6-4-7-11(9)12;1-9-7-10(2)12-6-4-3-5-11(12)8-9;1-9-7-8-10(2)12-6-4-3-5-11(9)12;1-7-4-3-5-8(2)6-7;1-7-5-3-4-6-8(7)2;9*1-2/h2*3-10H,1-2H3;5*3-8H,1-2H3;2*3-6H,1-2H3;9*1-2H3.